The molecule has 5 rings (SSSR count). The van der Waals surface area contributed by atoms with Crippen LogP contribution in [-0.4, -0.2) is 74.7 Å². The van der Waals surface area contributed by atoms with E-state index in [0.717, 1.165) is 5.56 Å². The molecule has 9 nitrogen and oxygen atoms in total. The minimum Gasteiger partial charge on any atom is -0.497 e. The number of fused-ring (bicyclic) bond motifs is 1. The van der Waals surface area contributed by atoms with Crippen molar-refractivity contribution in [3.63, 3.8) is 0 Å². The maximum absolute atomic E-state index is 14.4. The number of hydrogen-bond donors (Lipinski definition) is 0. The molecule has 0 aliphatic carbocycles. The second-order valence-corrected chi connectivity index (χ2v) is 9.67. The van der Waals surface area contributed by atoms with Gasteiger partial charge in [0.15, 0.2) is 0 Å². The standard InChI is InChI=1S/C31H33N3O6/c1-4-40-31(37)33-19-17-32(18-20-33)30(36)27-25-7-5-6-8-26(25)29(35)34(22-11-15-24(39-3)16-12-22)28(27)21-9-13-23(38-2)14-10-21/h5-16,27-28H,4,17-20H2,1-3H3/t27-,28+/m0/s1. The highest BCUT2D eigenvalue weighted by Gasteiger charge is 2.46. The van der Waals surface area contributed by atoms with Crippen LogP contribution in [0.1, 0.15) is 40.4 Å². The van der Waals surface area contributed by atoms with Crippen molar-refractivity contribution in [2.24, 2.45) is 0 Å². The third-order valence-corrected chi connectivity index (χ3v) is 7.53. The van der Waals surface area contributed by atoms with Crippen molar-refractivity contribution in [2.75, 3.05) is 51.9 Å². The quantitative estimate of drug-likeness (QED) is 0.455. The van der Waals surface area contributed by atoms with Gasteiger partial charge in [-0.3, -0.25) is 14.5 Å². The highest BCUT2D eigenvalue weighted by atomic mass is 16.6. The molecular formula is C31H33N3O6. The first-order valence-electron chi connectivity index (χ1n) is 13.4. The second kappa shape index (κ2) is 11.7. The topological polar surface area (TPSA) is 88.6 Å². The van der Waals surface area contributed by atoms with Gasteiger partial charge in [-0.2, -0.15) is 0 Å². The highest BCUT2D eigenvalue weighted by molar-refractivity contribution is 6.11. The minimum absolute atomic E-state index is 0.0946. The molecule has 2 atom stereocenters. The molecule has 3 amide bonds. The summed E-state index contributed by atoms with van der Waals surface area (Å²) in [6.45, 7) is 3.59. The second-order valence-electron chi connectivity index (χ2n) is 9.67. The van der Waals surface area contributed by atoms with Crippen molar-refractivity contribution in [1.82, 2.24) is 9.80 Å². The molecule has 208 valence electrons. The van der Waals surface area contributed by atoms with Gasteiger partial charge in [-0.05, 0) is 60.5 Å². The number of carbonyl (C=O) groups is 3. The molecule has 0 unspecified atom stereocenters. The Labute approximate surface area is 233 Å². The van der Waals surface area contributed by atoms with Gasteiger partial charge in [-0.1, -0.05) is 30.3 Å². The summed E-state index contributed by atoms with van der Waals surface area (Å²) in [5, 5.41) is 0. The van der Waals surface area contributed by atoms with E-state index in [4.69, 9.17) is 14.2 Å². The number of amides is 3. The monoisotopic (exact) mass is 543 g/mol. The smallest absolute Gasteiger partial charge is 0.409 e. The Balaban J connectivity index is 1.58. The predicted molar refractivity (Wildman–Crippen MR) is 150 cm³/mol. The number of carbonyl (C=O) groups excluding carboxylic acids is 3. The Hall–Kier alpha value is -4.53. The van der Waals surface area contributed by atoms with E-state index in [2.05, 4.69) is 0 Å². The fraction of sp³-hybridized carbons (Fsp3) is 0.323. The molecule has 40 heavy (non-hydrogen) atoms. The average molecular weight is 544 g/mol. The van der Waals surface area contributed by atoms with Crippen LogP contribution in [0.5, 0.6) is 11.5 Å². The average Bonchev–Trinajstić information content (AvgIpc) is 3.01. The largest absolute Gasteiger partial charge is 0.497 e. The molecule has 0 saturated carbocycles. The molecule has 1 saturated heterocycles. The molecular weight excluding hydrogens is 510 g/mol. The fourth-order valence-corrected chi connectivity index (χ4v) is 5.49. The van der Waals surface area contributed by atoms with Crippen LogP contribution in [0.3, 0.4) is 0 Å². The third kappa shape index (κ3) is 5.06. The van der Waals surface area contributed by atoms with Crippen LogP contribution < -0.4 is 14.4 Å². The number of piperazine rings is 1. The molecule has 0 aromatic heterocycles. The molecule has 2 aliphatic rings. The van der Waals surface area contributed by atoms with Crippen LogP contribution in [0.2, 0.25) is 0 Å². The maximum atomic E-state index is 14.4. The van der Waals surface area contributed by atoms with Crippen molar-refractivity contribution in [3.05, 3.63) is 89.5 Å². The number of anilines is 1. The summed E-state index contributed by atoms with van der Waals surface area (Å²) in [7, 11) is 3.19. The van der Waals surface area contributed by atoms with Gasteiger partial charge in [-0.25, -0.2) is 4.79 Å². The summed E-state index contributed by atoms with van der Waals surface area (Å²) in [6.07, 6.45) is -0.370. The van der Waals surface area contributed by atoms with E-state index >= 15 is 0 Å². The van der Waals surface area contributed by atoms with Gasteiger partial charge in [0, 0.05) is 37.4 Å². The number of nitrogens with zero attached hydrogens (tertiary/aromatic N) is 3. The van der Waals surface area contributed by atoms with Gasteiger partial charge >= 0.3 is 6.09 Å². The lowest BCUT2D eigenvalue weighted by molar-refractivity contribution is -0.135. The van der Waals surface area contributed by atoms with E-state index in [1.54, 1.807) is 54.0 Å². The van der Waals surface area contributed by atoms with Crippen molar-refractivity contribution in [2.45, 2.75) is 18.9 Å². The van der Waals surface area contributed by atoms with E-state index in [-0.39, 0.29) is 17.9 Å². The zero-order valence-corrected chi connectivity index (χ0v) is 22.9. The van der Waals surface area contributed by atoms with E-state index in [1.807, 2.05) is 54.6 Å². The van der Waals surface area contributed by atoms with Crippen LogP contribution in [-0.2, 0) is 9.53 Å². The Morgan fingerprint density at radius 1 is 0.800 bits per heavy atom. The van der Waals surface area contributed by atoms with E-state index < -0.39 is 12.0 Å². The number of hydrogen-bond acceptors (Lipinski definition) is 6. The number of rotatable bonds is 6. The molecule has 3 aromatic carbocycles. The van der Waals surface area contributed by atoms with Crippen molar-refractivity contribution >= 4 is 23.6 Å². The van der Waals surface area contributed by atoms with Gasteiger partial charge in [0.05, 0.1) is 32.8 Å². The summed E-state index contributed by atoms with van der Waals surface area (Å²) >= 11 is 0. The van der Waals surface area contributed by atoms with Crippen LogP contribution in [0.15, 0.2) is 72.8 Å². The first-order valence-corrected chi connectivity index (χ1v) is 13.4. The van der Waals surface area contributed by atoms with Crippen LogP contribution in [0, 0.1) is 0 Å². The zero-order valence-electron chi connectivity index (χ0n) is 22.9. The van der Waals surface area contributed by atoms with E-state index in [0.29, 0.717) is 61.1 Å². The van der Waals surface area contributed by atoms with Gasteiger partial charge in [0.2, 0.25) is 5.91 Å². The van der Waals surface area contributed by atoms with E-state index in [9.17, 15) is 14.4 Å². The molecule has 1 fully saturated rings. The molecule has 0 N–H and O–H groups in total. The van der Waals surface area contributed by atoms with Gasteiger partial charge in [0.1, 0.15) is 11.5 Å². The molecule has 3 aromatic rings. The van der Waals surface area contributed by atoms with Crippen LogP contribution >= 0.6 is 0 Å². The van der Waals surface area contributed by atoms with Gasteiger partial charge < -0.3 is 24.0 Å². The Morgan fingerprint density at radius 3 is 1.98 bits per heavy atom. The normalized spacial score (nSPS) is 18.7. The fourth-order valence-electron chi connectivity index (χ4n) is 5.49. The number of ether oxygens (including phenoxy) is 3. The lowest BCUT2D eigenvalue weighted by atomic mass is 9.78. The molecule has 2 heterocycles. The molecule has 9 heteroatoms. The predicted octanol–water partition coefficient (Wildman–Crippen LogP) is 4.49. The minimum atomic E-state index is -0.668. The first-order chi connectivity index (χ1) is 19.5. The van der Waals surface area contributed by atoms with Gasteiger partial charge in [-0.15, -0.1) is 0 Å². The summed E-state index contributed by atoms with van der Waals surface area (Å²) in [4.78, 5) is 45.9. The highest BCUT2D eigenvalue weighted by Crippen LogP contribution is 2.46. The molecule has 0 radical (unpaired) electrons. The molecule has 2 aliphatic heterocycles. The summed E-state index contributed by atoms with van der Waals surface area (Å²) in [6, 6.07) is 21.5. The Morgan fingerprint density at radius 2 is 1.38 bits per heavy atom. The zero-order chi connectivity index (χ0) is 28.2. The van der Waals surface area contributed by atoms with Crippen molar-refractivity contribution in [3.8, 4) is 11.5 Å². The third-order valence-electron chi connectivity index (χ3n) is 7.53. The summed E-state index contributed by atoms with van der Waals surface area (Å²) in [5.41, 5.74) is 2.65. The van der Waals surface area contributed by atoms with Crippen molar-refractivity contribution in [1.29, 1.82) is 0 Å². The van der Waals surface area contributed by atoms with Crippen LogP contribution in [0.25, 0.3) is 0 Å². The van der Waals surface area contributed by atoms with E-state index in [1.165, 1.54) is 0 Å². The summed E-state index contributed by atoms with van der Waals surface area (Å²) < 4.78 is 15.9. The maximum Gasteiger partial charge on any atom is 0.409 e. The number of methoxy groups -OCH3 is 2. The lowest BCUT2D eigenvalue weighted by Gasteiger charge is -2.44. The SMILES string of the molecule is CCOC(=O)N1CCN(C(=O)[C@H]2c3ccccc3C(=O)N(c3ccc(OC)cc3)[C@@H]2c2ccc(OC)cc2)CC1. The Kier molecular flexibility index (Phi) is 7.91. The number of benzene rings is 3. The van der Waals surface area contributed by atoms with Crippen LogP contribution in [0.4, 0.5) is 10.5 Å². The van der Waals surface area contributed by atoms with Crippen molar-refractivity contribution < 1.29 is 28.6 Å². The van der Waals surface area contributed by atoms with Gasteiger partial charge in [0.25, 0.3) is 5.91 Å². The molecule has 0 spiro atoms. The summed E-state index contributed by atoms with van der Waals surface area (Å²) in [5.74, 6) is 0.404. The molecule has 0 bridgehead atoms. The lowest BCUT2D eigenvalue weighted by Crippen LogP contribution is -2.54. The Bertz CT molecular complexity index is 1370. The first kappa shape index (κ1) is 27.1.